The summed E-state index contributed by atoms with van der Waals surface area (Å²) in [6.45, 7) is 0. The van der Waals surface area contributed by atoms with Gasteiger partial charge in [-0.2, -0.15) is 5.10 Å². The second-order valence-electron chi connectivity index (χ2n) is 3.28. The van der Waals surface area contributed by atoms with Crippen LogP contribution in [-0.4, -0.2) is 19.3 Å². The van der Waals surface area contributed by atoms with E-state index >= 15 is 0 Å². The molecule has 0 amide bonds. The molecule has 0 aromatic carbocycles. The number of hydrogen-bond donors (Lipinski definition) is 1. The van der Waals surface area contributed by atoms with Crippen LogP contribution in [0.3, 0.4) is 0 Å². The summed E-state index contributed by atoms with van der Waals surface area (Å²) >= 11 is 5.01. The highest BCUT2D eigenvalue weighted by Gasteiger charge is 2.05. The van der Waals surface area contributed by atoms with Crippen molar-refractivity contribution in [2.75, 3.05) is 0 Å². The van der Waals surface area contributed by atoms with Gasteiger partial charge in [0.1, 0.15) is 0 Å². The van der Waals surface area contributed by atoms with E-state index in [1.54, 1.807) is 23.9 Å². The molecule has 0 saturated heterocycles. The molecule has 0 atom stereocenters. The molecular weight excluding hydrogens is 212 g/mol. The first kappa shape index (κ1) is 9.85. The molecule has 0 aliphatic rings. The van der Waals surface area contributed by atoms with Crippen LogP contribution in [0.25, 0.3) is 11.4 Å². The molecule has 0 bridgehead atoms. The van der Waals surface area contributed by atoms with E-state index in [9.17, 15) is 4.79 Å². The Balaban J connectivity index is 2.64. The number of hydrogen-bond acceptors (Lipinski definition) is 3. The standard InChI is InChI=1S/C9H10N4OS/c1-12-5-6(3-4-7(12)14)8-10-11-9(15)13(8)2/h3-5H,1-2H3,(H,11,15). The third-order valence-electron chi connectivity index (χ3n) is 2.22. The van der Waals surface area contributed by atoms with E-state index < -0.39 is 0 Å². The highest BCUT2D eigenvalue weighted by atomic mass is 32.1. The van der Waals surface area contributed by atoms with E-state index in [1.807, 2.05) is 7.05 Å². The Morgan fingerprint density at radius 1 is 1.40 bits per heavy atom. The number of aromatic nitrogens is 4. The normalized spacial score (nSPS) is 10.5. The molecule has 15 heavy (non-hydrogen) atoms. The molecule has 2 aromatic rings. The van der Waals surface area contributed by atoms with Gasteiger partial charge in [0.15, 0.2) is 10.6 Å². The average molecular weight is 222 g/mol. The molecule has 5 nitrogen and oxygen atoms in total. The molecule has 2 rings (SSSR count). The van der Waals surface area contributed by atoms with Gasteiger partial charge in [0.05, 0.1) is 0 Å². The lowest BCUT2D eigenvalue weighted by molar-refractivity contribution is 0.852. The minimum absolute atomic E-state index is 0.0458. The number of nitrogens with one attached hydrogen (secondary N) is 1. The Kier molecular flexibility index (Phi) is 2.28. The van der Waals surface area contributed by atoms with Crippen molar-refractivity contribution in [1.82, 2.24) is 19.3 Å². The molecule has 2 heterocycles. The van der Waals surface area contributed by atoms with Gasteiger partial charge >= 0.3 is 0 Å². The first-order valence-electron chi connectivity index (χ1n) is 4.38. The number of aromatic amines is 1. The fourth-order valence-electron chi connectivity index (χ4n) is 1.33. The van der Waals surface area contributed by atoms with Gasteiger partial charge in [-0.05, 0) is 18.3 Å². The maximum absolute atomic E-state index is 11.2. The molecular formula is C9H10N4OS. The molecule has 0 spiro atoms. The van der Waals surface area contributed by atoms with Crippen LogP contribution < -0.4 is 5.56 Å². The van der Waals surface area contributed by atoms with Crippen molar-refractivity contribution in [3.63, 3.8) is 0 Å². The van der Waals surface area contributed by atoms with Crippen molar-refractivity contribution in [2.24, 2.45) is 14.1 Å². The number of rotatable bonds is 1. The molecule has 1 N–H and O–H groups in total. The summed E-state index contributed by atoms with van der Waals surface area (Å²) in [7, 11) is 3.53. The summed E-state index contributed by atoms with van der Waals surface area (Å²) < 4.78 is 3.82. The van der Waals surface area contributed by atoms with Crippen LogP contribution in [0.4, 0.5) is 0 Å². The van der Waals surface area contributed by atoms with Gasteiger partial charge in [0.25, 0.3) is 0 Å². The van der Waals surface area contributed by atoms with Gasteiger partial charge in [-0.25, -0.2) is 0 Å². The lowest BCUT2D eigenvalue weighted by atomic mass is 10.2. The SMILES string of the molecule is Cn1cc(-c2n[nH]c(=S)n2C)ccc1=O. The second kappa shape index (κ2) is 3.47. The molecule has 6 heteroatoms. The molecule has 0 aliphatic carbocycles. The molecule has 0 saturated carbocycles. The zero-order chi connectivity index (χ0) is 11.0. The zero-order valence-electron chi connectivity index (χ0n) is 8.39. The third kappa shape index (κ3) is 1.63. The van der Waals surface area contributed by atoms with E-state index in [0.29, 0.717) is 4.77 Å². The van der Waals surface area contributed by atoms with Crippen LogP contribution in [0.15, 0.2) is 23.1 Å². The second-order valence-corrected chi connectivity index (χ2v) is 3.66. The topological polar surface area (TPSA) is 55.6 Å². The summed E-state index contributed by atoms with van der Waals surface area (Å²) in [6, 6.07) is 3.24. The Morgan fingerprint density at radius 3 is 2.67 bits per heavy atom. The first-order chi connectivity index (χ1) is 7.09. The number of nitrogens with zero attached hydrogens (tertiary/aromatic N) is 3. The largest absolute Gasteiger partial charge is 0.318 e. The molecule has 0 fully saturated rings. The summed E-state index contributed by atoms with van der Waals surface area (Å²) in [5.74, 6) is 0.718. The Hall–Kier alpha value is -1.69. The lowest BCUT2D eigenvalue weighted by Crippen LogP contribution is -2.14. The van der Waals surface area contributed by atoms with Gasteiger partial charge < -0.3 is 9.13 Å². The minimum Gasteiger partial charge on any atom is -0.318 e. The fourth-order valence-corrected chi connectivity index (χ4v) is 1.46. The smallest absolute Gasteiger partial charge is 0.250 e. The third-order valence-corrected chi connectivity index (χ3v) is 2.59. The van der Waals surface area contributed by atoms with Crippen molar-refractivity contribution >= 4 is 12.2 Å². The predicted molar refractivity (Wildman–Crippen MR) is 59.1 cm³/mol. The van der Waals surface area contributed by atoms with Gasteiger partial charge in [-0.1, -0.05) is 0 Å². The average Bonchev–Trinajstić information content (AvgIpc) is 2.53. The van der Waals surface area contributed by atoms with Crippen LogP contribution in [0.1, 0.15) is 0 Å². The summed E-state index contributed by atoms with van der Waals surface area (Å²) in [5.41, 5.74) is 0.808. The van der Waals surface area contributed by atoms with Crippen LogP contribution in [0, 0.1) is 4.77 Å². The quantitative estimate of drug-likeness (QED) is 0.727. The van der Waals surface area contributed by atoms with Crippen LogP contribution in [0.2, 0.25) is 0 Å². The Bertz CT molecular complexity index is 607. The van der Waals surface area contributed by atoms with Gasteiger partial charge in [0, 0.05) is 31.9 Å². The van der Waals surface area contributed by atoms with Crippen molar-refractivity contribution in [3.05, 3.63) is 33.5 Å². The van der Waals surface area contributed by atoms with Crippen LogP contribution >= 0.6 is 12.2 Å². The van der Waals surface area contributed by atoms with Crippen molar-refractivity contribution in [1.29, 1.82) is 0 Å². The molecule has 78 valence electrons. The summed E-state index contributed by atoms with van der Waals surface area (Å²) in [6.07, 6.45) is 1.73. The van der Waals surface area contributed by atoms with Crippen LogP contribution in [0.5, 0.6) is 0 Å². The number of H-pyrrole nitrogens is 1. The van der Waals surface area contributed by atoms with Gasteiger partial charge in [-0.15, -0.1) is 0 Å². The van der Waals surface area contributed by atoms with E-state index in [-0.39, 0.29) is 5.56 Å². The highest BCUT2D eigenvalue weighted by Crippen LogP contribution is 2.13. The maximum Gasteiger partial charge on any atom is 0.250 e. The summed E-state index contributed by atoms with van der Waals surface area (Å²) in [5, 5.41) is 6.78. The monoisotopic (exact) mass is 222 g/mol. The van der Waals surface area contributed by atoms with Crippen LogP contribution in [-0.2, 0) is 14.1 Å². The predicted octanol–water partition coefficient (Wildman–Crippen LogP) is 0.843. The zero-order valence-corrected chi connectivity index (χ0v) is 9.21. The first-order valence-corrected chi connectivity index (χ1v) is 4.79. The van der Waals surface area contributed by atoms with E-state index in [1.165, 1.54) is 10.6 Å². The van der Waals surface area contributed by atoms with Gasteiger partial charge in [-0.3, -0.25) is 9.89 Å². The lowest BCUT2D eigenvalue weighted by Gasteiger charge is -2.02. The fraction of sp³-hybridized carbons (Fsp3) is 0.222. The minimum atomic E-state index is -0.0458. The maximum atomic E-state index is 11.2. The van der Waals surface area contributed by atoms with Crippen molar-refractivity contribution < 1.29 is 0 Å². The molecule has 0 unspecified atom stereocenters. The van der Waals surface area contributed by atoms with Gasteiger partial charge in [0.2, 0.25) is 5.56 Å². The van der Waals surface area contributed by atoms with E-state index in [4.69, 9.17) is 12.2 Å². The van der Waals surface area contributed by atoms with Crippen molar-refractivity contribution in [2.45, 2.75) is 0 Å². The van der Waals surface area contributed by atoms with E-state index in [2.05, 4.69) is 10.2 Å². The Labute approximate surface area is 91.0 Å². The highest BCUT2D eigenvalue weighted by molar-refractivity contribution is 7.71. The molecule has 0 radical (unpaired) electrons. The summed E-state index contributed by atoms with van der Waals surface area (Å²) in [4.78, 5) is 11.2. The molecule has 2 aromatic heterocycles. The molecule has 0 aliphatic heterocycles. The number of aryl methyl sites for hydroxylation is 1. The van der Waals surface area contributed by atoms with E-state index in [0.717, 1.165) is 11.4 Å². The Morgan fingerprint density at radius 2 is 2.13 bits per heavy atom. The van der Waals surface area contributed by atoms with Crippen molar-refractivity contribution in [3.8, 4) is 11.4 Å². The number of pyridine rings is 1.